The molecule has 1 aliphatic heterocycles. The molecule has 0 atom stereocenters. The number of anilines is 4. The highest BCUT2D eigenvalue weighted by Crippen LogP contribution is 2.47. The maximum absolute atomic E-state index is 9.29. The Kier molecular flexibility index (Phi) is 9.01. The van der Waals surface area contributed by atoms with Gasteiger partial charge in [0.25, 0.3) is 6.33 Å². The monoisotopic (exact) mass is 1010 g/mol. The molecule has 10 aromatic carbocycles. The number of para-hydroxylation sites is 8. The molecule has 4 heterocycles. The Bertz CT molecular complexity index is 4780. The zero-order valence-electron chi connectivity index (χ0n) is 52.8. The van der Waals surface area contributed by atoms with E-state index < -0.39 is 67.4 Å². The van der Waals surface area contributed by atoms with Crippen molar-refractivity contribution in [1.82, 2.24) is 14.1 Å². The van der Waals surface area contributed by atoms with Gasteiger partial charge in [-0.1, -0.05) is 196 Å². The first-order valence-corrected chi connectivity index (χ1v) is 25.8. The number of rotatable bonds is 10. The minimum atomic E-state index is -0.581. The number of benzene rings is 10. The third-order valence-electron chi connectivity index (χ3n) is 14.5. The van der Waals surface area contributed by atoms with Crippen molar-refractivity contribution in [2.24, 2.45) is 0 Å². The van der Waals surface area contributed by atoms with Crippen LogP contribution >= 0.6 is 0 Å². The van der Waals surface area contributed by atoms with Crippen LogP contribution in [-0.4, -0.2) is 21.1 Å². The van der Waals surface area contributed by atoms with Gasteiger partial charge in [0.1, 0.15) is 17.3 Å². The maximum atomic E-state index is 9.29. The SMILES string of the molecule is [2H]c1c([2H])c([2H])c(-c2cccc(-c3c([2H])c([2H])c([2H])c([2H])c3[2H])c2-[n+]2[c-]n(-c3cc(Oc4ccc5c6ccccc6n(-c6cc(C(C)(C)C)ccn6)c5c4)cc(B4N(c5ccccc5)c5ccccc5N4c4ccccc4)c3)c3ccccc32)c([2H])c1[2H]. The molecule has 0 bridgehead atoms. The van der Waals surface area contributed by atoms with E-state index >= 15 is 0 Å². The molecule has 0 unspecified atom stereocenters. The number of imidazole rings is 1. The maximum Gasteiger partial charge on any atom is 0.420 e. The topological polar surface area (TPSA) is 42.3 Å². The minimum absolute atomic E-state index is 0.136. The second-order valence-corrected chi connectivity index (χ2v) is 20.3. The van der Waals surface area contributed by atoms with Crippen molar-refractivity contribution in [2.75, 3.05) is 9.62 Å². The first-order valence-electron chi connectivity index (χ1n) is 30.8. The average molecular weight is 1020 g/mol. The van der Waals surface area contributed by atoms with Gasteiger partial charge in [-0.3, -0.25) is 13.7 Å². The zero-order valence-corrected chi connectivity index (χ0v) is 42.8. The summed E-state index contributed by atoms with van der Waals surface area (Å²) < 4.78 is 102. The number of ether oxygens (including phenoxy) is 1. The Morgan fingerprint density at radius 2 is 1.10 bits per heavy atom. The second kappa shape index (κ2) is 19.0. The van der Waals surface area contributed by atoms with Crippen LogP contribution in [0.15, 0.2) is 267 Å². The number of nitrogens with zero attached hydrogens (tertiary/aromatic N) is 6. The summed E-state index contributed by atoms with van der Waals surface area (Å²) in [7, 11) is 0. The molecule has 0 aliphatic carbocycles. The highest BCUT2D eigenvalue weighted by molar-refractivity contribution is 6.84. The molecule has 14 rings (SSSR count). The molecule has 3 aromatic heterocycles. The third kappa shape index (κ3) is 8.08. The summed E-state index contributed by atoms with van der Waals surface area (Å²) in [5.74, 6) is 1.79. The fraction of sp³-hybridized carbons (Fsp3) is 0.0571. The van der Waals surface area contributed by atoms with Crippen molar-refractivity contribution in [3.05, 3.63) is 279 Å². The predicted molar refractivity (Wildman–Crippen MR) is 321 cm³/mol. The Labute approximate surface area is 468 Å². The number of aromatic nitrogens is 4. The molecule has 7 nitrogen and oxygen atoms in total. The number of hydrogen-bond acceptors (Lipinski definition) is 4. The smallest absolute Gasteiger partial charge is 0.420 e. The van der Waals surface area contributed by atoms with E-state index in [2.05, 4.69) is 120 Å². The summed E-state index contributed by atoms with van der Waals surface area (Å²) in [5, 5.41) is 2.08. The van der Waals surface area contributed by atoms with Crippen molar-refractivity contribution in [3.8, 4) is 50.9 Å². The fourth-order valence-corrected chi connectivity index (χ4v) is 11.0. The van der Waals surface area contributed by atoms with Gasteiger partial charge in [-0.2, -0.15) is 0 Å². The Morgan fingerprint density at radius 1 is 0.513 bits per heavy atom. The van der Waals surface area contributed by atoms with E-state index in [0.717, 1.165) is 61.4 Å². The lowest BCUT2D eigenvalue weighted by atomic mass is 9.64. The van der Waals surface area contributed by atoms with Crippen molar-refractivity contribution < 1.29 is 23.0 Å². The number of pyridine rings is 1. The van der Waals surface area contributed by atoms with Crippen LogP contribution in [0.2, 0.25) is 0 Å². The highest BCUT2D eigenvalue weighted by Gasteiger charge is 2.44. The van der Waals surface area contributed by atoms with Crippen LogP contribution in [0.25, 0.3) is 72.3 Å². The quantitative estimate of drug-likeness (QED) is 0.0778. The summed E-state index contributed by atoms with van der Waals surface area (Å²) in [6, 6.07) is 60.4. The lowest BCUT2D eigenvalue weighted by Crippen LogP contribution is -2.53. The molecule has 372 valence electrons. The molecular formula is C70H53BN6O. The Hall–Kier alpha value is -9.92. The molecule has 0 saturated carbocycles. The average Bonchev–Trinajstić information content (AvgIpc) is 2.44. The summed E-state index contributed by atoms with van der Waals surface area (Å²) in [4.78, 5) is 9.57. The van der Waals surface area contributed by atoms with E-state index in [9.17, 15) is 5.48 Å². The standard InChI is InChI=1S/C70H53BN6O/c1-70(2,3)51-41-42-72-68(43-51)75-62-34-17-16-31-60(62)61-40-39-56(47-67(61)75)78-57-45-52(71-76(53-27-12-6-13-28-53)65-37-20-21-38-66(65)77(71)54-29-14-7-15-30-54)44-55(46-57)73-48-74(64-36-19-18-35-63(64)73)69-58(49-23-8-4-9-24-49)32-22-33-59(69)50-25-10-5-11-26-50/h4-47H,1-3H3/i4D,5D,8D,9D,10D,11D,23D,24D,25D,26D. The Morgan fingerprint density at radius 3 is 1.76 bits per heavy atom. The first kappa shape index (κ1) is 36.9. The fourth-order valence-electron chi connectivity index (χ4n) is 11.0. The molecule has 1 aliphatic rings. The molecule has 0 N–H and O–H groups in total. The summed E-state index contributed by atoms with van der Waals surface area (Å²) >= 11 is 0. The van der Waals surface area contributed by atoms with Crippen molar-refractivity contribution >= 4 is 68.0 Å². The zero-order chi connectivity index (χ0) is 61.0. The lowest BCUT2D eigenvalue weighted by molar-refractivity contribution is -0.571. The molecule has 13 aromatic rings. The Balaban J connectivity index is 1.04. The first-order chi connectivity index (χ1) is 42.5. The minimum Gasteiger partial charge on any atom is -0.458 e. The van der Waals surface area contributed by atoms with Crippen LogP contribution in [0.4, 0.5) is 22.7 Å². The summed E-state index contributed by atoms with van der Waals surface area (Å²) in [5.41, 5.74) is 9.37. The van der Waals surface area contributed by atoms with Gasteiger partial charge >= 0.3 is 6.98 Å². The molecule has 0 fully saturated rings. The van der Waals surface area contributed by atoms with Crippen LogP contribution < -0.4 is 24.4 Å². The van der Waals surface area contributed by atoms with Gasteiger partial charge < -0.3 is 14.4 Å². The third-order valence-corrected chi connectivity index (χ3v) is 14.5. The number of fused-ring (bicyclic) bond motifs is 5. The molecule has 0 amide bonds. The van der Waals surface area contributed by atoms with Crippen LogP contribution in [-0.2, 0) is 5.41 Å². The van der Waals surface area contributed by atoms with E-state index in [1.165, 1.54) is 0 Å². The largest absolute Gasteiger partial charge is 0.458 e. The normalized spacial score (nSPS) is 14.3. The summed E-state index contributed by atoms with van der Waals surface area (Å²) in [6.45, 7) is 6.03. The van der Waals surface area contributed by atoms with Gasteiger partial charge in [-0.05, 0) is 118 Å². The number of hydrogen-bond donors (Lipinski definition) is 0. The van der Waals surface area contributed by atoms with E-state index in [4.69, 9.17) is 17.9 Å². The lowest BCUT2D eigenvalue weighted by Gasteiger charge is -2.31. The summed E-state index contributed by atoms with van der Waals surface area (Å²) in [6.07, 6.45) is 5.49. The van der Waals surface area contributed by atoms with Gasteiger partial charge in [-0.25, -0.2) is 4.98 Å². The van der Waals surface area contributed by atoms with Gasteiger partial charge in [0.2, 0.25) is 0 Å². The van der Waals surface area contributed by atoms with Gasteiger partial charge in [0.15, 0.2) is 0 Å². The van der Waals surface area contributed by atoms with Crippen LogP contribution in [0.1, 0.15) is 40.0 Å². The van der Waals surface area contributed by atoms with Crippen LogP contribution in [0.3, 0.4) is 0 Å². The highest BCUT2D eigenvalue weighted by atomic mass is 16.5. The van der Waals surface area contributed by atoms with Crippen molar-refractivity contribution in [2.45, 2.75) is 26.2 Å². The predicted octanol–water partition coefficient (Wildman–Crippen LogP) is 16.3. The van der Waals surface area contributed by atoms with E-state index in [1.807, 2.05) is 114 Å². The molecular weight excluding hydrogens is 952 g/mol. The molecule has 8 heteroatoms. The molecule has 78 heavy (non-hydrogen) atoms. The van der Waals surface area contributed by atoms with Crippen LogP contribution in [0.5, 0.6) is 11.5 Å². The molecule has 0 radical (unpaired) electrons. The molecule has 0 spiro atoms. The van der Waals surface area contributed by atoms with Gasteiger partial charge in [0.05, 0.1) is 58.5 Å². The van der Waals surface area contributed by atoms with E-state index in [0.29, 0.717) is 28.2 Å². The van der Waals surface area contributed by atoms with E-state index in [1.54, 1.807) is 22.8 Å². The van der Waals surface area contributed by atoms with Crippen LogP contribution in [0, 0.1) is 6.33 Å². The van der Waals surface area contributed by atoms with E-state index in [-0.39, 0.29) is 33.4 Å². The second-order valence-electron chi connectivity index (χ2n) is 20.3. The molecule has 0 saturated heterocycles. The van der Waals surface area contributed by atoms with Crippen molar-refractivity contribution in [3.63, 3.8) is 0 Å². The van der Waals surface area contributed by atoms with Crippen molar-refractivity contribution in [1.29, 1.82) is 0 Å². The van der Waals surface area contributed by atoms with Gasteiger partial charge in [0, 0.05) is 34.4 Å². The van der Waals surface area contributed by atoms with Gasteiger partial charge in [-0.15, -0.1) is 0 Å².